The minimum Gasteiger partial charge on any atom is -0.338 e. The normalized spacial score (nSPS) is 9.86. The molecule has 0 fully saturated rings. The van der Waals surface area contributed by atoms with Crippen LogP contribution in [0.4, 0.5) is 4.79 Å². The van der Waals surface area contributed by atoms with Crippen molar-refractivity contribution in [2.24, 2.45) is 0 Å². The molecule has 1 rings (SSSR count). The van der Waals surface area contributed by atoms with Crippen LogP contribution in [-0.4, -0.2) is 17.6 Å². The monoisotopic (exact) mass is 213 g/mol. The molecule has 4 nitrogen and oxygen atoms in total. The van der Waals surface area contributed by atoms with Gasteiger partial charge in [-0.3, -0.25) is 0 Å². The Hall–Kier alpha value is -1.10. The van der Waals surface area contributed by atoms with Crippen molar-refractivity contribution in [1.29, 1.82) is 0 Å². The average molecular weight is 213 g/mol. The highest BCUT2D eigenvalue weighted by molar-refractivity contribution is 7.11. The molecule has 78 valence electrons. The van der Waals surface area contributed by atoms with Crippen LogP contribution in [0.15, 0.2) is 6.20 Å². The molecule has 0 unspecified atom stereocenters. The lowest BCUT2D eigenvalue weighted by Gasteiger charge is -2.04. The SMILES string of the molecule is CCCNC(=O)NCc1cnc(C)s1. The zero-order valence-corrected chi connectivity index (χ0v) is 9.28. The minimum atomic E-state index is -0.113. The molecule has 5 heteroatoms. The molecule has 2 amide bonds. The maximum atomic E-state index is 11.1. The van der Waals surface area contributed by atoms with Gasteiger partial charge in [-0.2, -0.15) is 0 Å². The van der Waals surface area contributed by atoms with Crippen LogP contribution in [0.3, 0.4) is 0 Å². The Labute approximate surface area is 87.7 Å². The smallest absolute Gasteiger partial charge is 0.315 e. The Balaban J connectivity index is 2.23. The second-order valence-corrected chi connectivity index (χ2v) is 4.27. The first kappa shape index (κ1) is 11.0. The van der Waals surface area contributed by atoms with Crippen LogP contribution in [0.1, 0.15) is 23.2 Å². The van der Waals surface area contributed by atoms with E-state index in [1.54, 1.807) is 17.5 Å². The van der Waals surface area contributed by atoms with Gasteiger partial charge in [0, 0.05) is 17.6 Å². The van der Waals surface area contributed by atoms with E-state index in [1.807, 2.05) is 13.8 Å². The van der Waals surface area contributed by atoms with Crippen LogP contribution in [-0.2, 0) is 6.54 Å². The molecule has 0 spiro atoms. The lowest BCUT2D eigenvalue weighted by atomic mass is 10.5. The van der Waals surface area contributed by atoms with Gasteiger partial charge in [0.15, 0.2) is 0 Å². The van der Waals surface area contributed by atoms with Gasteiger partial charge in [-0.25, -0.2) is 9.78 Å². The van der Waals surface area contributed by atoms with Gasteiger partial charge in [-0.15, -0.1) is 11.3 Å². The summed E-state index contributed by atoms with van der Waals surface area (Å²) in [6.45, 7) is 5.24. The van der Waals surface area contributed by atoms with Crippen molar-refractivity contribution in [3.8, 4) is 0 Å². The second kappa shape index (κ2) is 5.59. The average Bonchev–Trinajstić information content (AvgIpc) is 2.58. The molecular formula is C9H15N3OS. The molecule has 1 aromatic rings. The standard InChI is InChI=1S/C9H15N3OS/c1-3-4-10-9(13)12-6-8-5-11-7(2)14-8/h5H,3-4,6H2,1-2H3,(H2,10,12,13). The fourth-order valence-corrected chi connectivity index (χ4v) is 1.69. The molecule has 0 aliphatic heterocycles. The first-order valence-corrected chi connectivity index (χ1v) is 5.47. The Morgan fingerprint density at radius 2 is 2.36 bits per heavy atom. The molecule has 0 aliphatic carbocycles. The molecule has 0 saturated heterocycles. The lowest BCUT2D eigenvalue weighted by molar-refractivity contribution is 0.240. The van der Waals surface area contributed by atoms with Crippen LogP contribution in [0.2, 0.25) is 0 Å². The van der Waals surface area contributed by atoms with Gasteiger partial charge in [-0.1, -0.05) is 6.92 Å². The van der Waals surface area contributed by atoms with Gasteiger partial charge in [0.25, 0.3) is 0 Å². The number of hydrogen-bond acceptors (Lipinski definition) is 3. The van der Waals surface area contributed by atoms with E-state index in [0.717, 1.165) is 16.3 Å². The van der Waals surface area contributed by atoms with Gasteiger partial charge < -0.3 is 10.6 Å². The Bertz CT molecular complexity index is 298. The van der Waals surface area contributed by atoms with Crippen molar-refractivity contribution in [2.45, 2.75) is 26.8 Å². The maximum absolute atomic E-state index is 11.1. The number of rotatable bonds is 4. The maximum Gasteiger partial charge on any atom is 0.315 e. The third kappa shape index (κ3) is 3.74. The number of hydrogen-bond donors (Lipinski definition) is 2. The summed E-state index contributed by atoms with van der Waals surface area (Å²) in [5.41, 5.74) is 0. The van der Waals surface area contributed by atoms with Gasteiger partial charge >= 0.3 is 6.03 Å². The van der Waals surface area contributed by atoms with Crippen molar-refractivity contribution < 1.29 is 4.79 Å². The number of aryl methyl sites for hydroxylation is 1. The molecule has 2 N–H and O–H groups in total. The highest BCUT2D eigenvalue weighted by Crippen LogP contribution is 2.10. The summed E-state index contributed by atoms with van der Waals surface area (Å²) < 4.78 is 0. The summed E-state index contributed by atoms with van der Waals surface area (Å²) in [6, 6.07) is -0.113. The van der Waals surface area contributed by atoms with E-state index in [2.05, 4.69) is 15.6 Å². The third-order valence-electron chi connectivity index (χ3n) is 1.63. The molecule has 0 aromatic carbocycles. The molecule has 14 heavy (non-hydrogen) atoms. The van der Waals surface area contributed by atoms with Crippen LogP contribution < -0.4 is 10.6 Å². The molecule has 0 saturated carbocycles. The van der Waals surface area contributed by atoms with Crippen molar-refractivity contribution >= 4 is 17.4 Å². The van der Waals surface area contributed by atoms with E-state index in [-0.39, 0.29) is 6.03 Å². The zero-order chi connectivity index (χ0) is 10.4. The number of carbonyl (C=O) groups is 1. The van der Waals surface area contributed by atoms with Crippen LogP contribution in [0, 0.1) is 6.92 Å². The number of nitrogens with one attached hydrogen (secondary N) is 2. The van der Waals surface area contributed by atoms with Gasteiger partial charge in [0.1, 0.15) is 0 Å². The molecule has 0 radical (unpaired) electrons. The van der Waals surface area contributed by atoms with E-state index >= 15 is 0 Å². The van der Waals surface area contributed by atoms with Gasteiger partial charge in [-0.05, 0) is 13.3 Å². The van der Waals surface area contributed by atoms with Crippen molar-refractivity contribution in [1.82, 2.24) is 15.6 Å². The first-order chi connectivity index (χ1) is 6.72. The third-order valence-corrected chi connectivity index (χ3v) is 2.54. The molecule has 1 heterocycles. The van der Waals surface area contributed by atoms with E-state index in [4.69, 9.17) is 0 Å². The van der Waals surface area contributed by atoms with E-state index in [0.29, 0.717) is 13.1 Å². The zero-order valence-electron chi connectivity index (χ0n) is 8.46. The Morgan fingerprint density at radius 3 is 2.93 bits per heavy atom. The summed E-state index contributed by atoms with van der Waals surface area (Å²) in [7, 11) is 0. The summed E-state index contributed by atoms with van der Waals surface area (Å²) in [4.78, 5) is 16.3. The quantitative estimate of drug-likeness (QED) is 0.799. The molecule has 0 bridgehead atoms. The second-order valence-electron chi connectivity index (χ2n) is 2.96. The van der Waals surface area contributed by atoms with Crippen molar-refractivity contribution in [2.75, 3.05) is 6.54 Å². The van der Waals surface area contributed by atoms with Crippen LogP contribution in [0.25, 0.3) is 0 Å². The van der Waals surface area contributed by atoms with Crippen molar-refractivity contribution in [3.63, 3.8) is 0 Å². The molecular weight excluding hydrogens is 198 g/mol. The molecule has 1 aromatic heterocycles. The number of urea groups is 1. The van der Waals surface area contributed by atoms with Crippen LogP contribution in [0.5, 0.6) is 0 Å². The predicted octanol–water partition coefficient (Wildman–Crippen LogP) is 1.66. The number of carbonyl (C=O) groups excluding carboxylic acids is 1. The predicted molar refractivity (Wildman–Crippen MR) is 57.4 cm³/mol. The molecule has 0 atom stereocenters. The van der Waals surface area contributed by atoms with E-state index < -0.39 is 0 Å². The summed E-state index contributed by atoms with van der Waals surface area (Å²) >= 11 is 1.60. The summed E-state index contributed by atoms with van der Waals surface area (Å²) in [5.74, 6) is 0. The number of aromatic nitrogens is 1. The minimum absolute atomic E-state index is 0.113. The van der Waals surface area contributed by atoms with E-state index in [9.17, 15) is 4.79 Å². The summed E-state index contributed by atoms with van der Waals surface area (Å²) in [5, 5.41) is 6.53. The Kier molecular flexibility index (Phi) is 4.39. The first-order valence-electron chi connectivity index (χ1n) is 4.65. The van der Waals surface area contributed by atoms with Gasteiger partial charge in [0.05, 0.1) is 11.6 Å². The number of amides is 2. The number of nitrogens with zero attached hydrogens (tertiary/aromatic N) is 1. The summed E-state index contributed by atoms with van der Waals surface area (Å²) in [6.07, 6.45) is 2.74. The topological polar surface area (TPSA) is 54.0 Å². The van der Waals surface area contributed by atoms with Gasteiger partial charge in [0.2, 0.25) is 0 Å². The lowest BCUT2D eigenvalue weighted by Crippen LogP contribution is -2.35. The Morgan fingerprint density at radius 1 is 1.57 bits per heavy atom. The van der Waals surface area contributed by atoms with E-state index in [1.165, 1.54) is 0 Å². The number of thiazole rings is 1. The highest BCUT2D eigenvalue weighted by Gasteiger charge is 2.01. The molecule has 0 aliphatic rings. The van der Waals surface area contributed by atoms with Crippen molar-refractivity contribution in [3.05, 3.63) is 16.1 Å². The fourth-order valence-electron chi connectivity index (χ4n) is 0.955. The fraction of sp³-hybridized carbons (Fsp3) is 0.556. The highest BCUT2D eigenvalue weighted by atomic mass is 32.1. The largest absolute Gasteiger partial charge is 0.338 e. The van der Waals surface area contributed by atoms with Crippen LogP contribution >= 0.6 is 11.3 Å².